The fourth-order valence-corrected chi connectivity index (χ4v) is 2.82. The van der Waals surface area contributed by atoms with Crippen LogP contribution in [0.4, 0.5) is 0 Å². The SMILES string of the molecule is O=C(CCCOc1ccc(Cl)cc1)NCC1CCCCC1. The van der Waals surface area contributed by atoms with Crippen LogP contribution in [0.3, 0.4) is 0 Å². The Labute approximate surface area is 132 Å². The van der Waals surface area contributed by atoms with Crippen molar-refractivity contribution < 1.29 is 9.53 Å². The first-order valence-corrected chi connectivity index (χ1v) is 8.27. The molecule has 116 valence electrons. The first-order valence-electron chi connectivity index (χ1n) is 7.89. The van der Waals surface area contributed by atoms with Crippen LogP contribution in [0.25, 0.3) is 0 Å². The molecule has 1 aliphatic rings. The zero-order valence-corrected chi connectivity index (χ0v) is 13.2. The van der Waals surface area contributed by atoms with E-state index < -0.39 is 0 Å². The smallest absolute Gasteiger partial charge is 0.220 e. The molecule has 1 N–H and O–H groups in total. The summed E-state index contributed by atoms with van der Waals surface area (Å²) in [6.45, 7) is 1.40. The first kappa shape index (κ1) is 16.2. The highest BCUT2D eigenvalue weighted by atomic mass is 35.5. The molecule has 4 heteroatoms. The summed E-state index contributed by atoms with van der Waals surface area (Å²) in [5, 5.41) is 3.75. The van der Waals surface area contributed by atoms with Crippen molar-refractivity contribution in [3.63, 3.8) is 0 Å². The van der Waals surface area contributed by atoms with Gasteiger partial charge in [-0.2, -0.15) is 0 Å². The van der Waals surface area contributed by atoms with E-state index in [1.807, 2.05) is 12.1 Å². The molecule has 0 saturated heterocycles. The molecule has 1 saturated carbocycles. The van der Waals surface area contributed by atoms with Crippen molar-refractivity contribution in [3.8, 4) is 5.75 Å². The van der Waals surface area contributed by atoms with Gasteiger partial charge in [0.2, 0.25) is 5.91 Å². The minimum absolute atomic E-state index is 0.139. The monoisotopic (exact) mass is 309 g/mol. The van der Waals surface area contributed by atoms with Crippen LogP contribution < -0.4 is 10.1 Å². The predicted octanol–water partition coefficient (Wildman–Crippen LogP) is 4.20. The van der Waals surface area contributed by atoms with Crippen molar-refractivity contribution in [2.75, 3.05) is 13.2 Å². The molecule has 0 aliphatic heterocycles. The summed E-state index contributed by atoms with van der Waals surface area (Å²) in [5.41, 5.74) is 0. The second-order valence-corrected chi connectivity index (χ2v) is 6.15. The van der Waals surface area contributed by atoms with E-state index in [1.54, 1.807) is 12.1 Å². The third-order valence-electron chi connectivity index (χ3n) is 3.94. The van der Waals surface area contributed by atoms with Gasteiger partial charge in [-0.15, -0.1) is 0 Å². The van der Waals surface area contributed by atoms with Gasteiger partial charge in [0.05, 0.1) is 6.61 Å². The molecule has 0 bridgehead atoms. The van der Waals surface area contributed by atoms with Gasteiger partial charge < -0.3 is 10.1 Å². The van der Waals surface area contributed by atoms with Crippen LogP contribution in [0.5, 0.6) is 5.75 Å². The Hall–Kier alpha value is -1.22. The number of hydrogen-bond donors (Lipinski definition) is 1. The van der Waals surface area contributed by atoms with Gasteiger partial charge in [-0.1, -0.05) is 30.9 Å². The lowest BCUT2D eigenvalue weighted by Gasteiger charge is -2.21. The quantitative estimate of drug-likeness (QED) is 0.767. The maximum Gasteiger partial charge on any atom is 0.220 e. The summed E-state index contributed by atoms with van der Waals surface area (Å²) in [6.07, 6.45) is 7.77. The molecule has 1 fully saturated rings. The molecule has 21 heavy (non-hydrogen) atoms. The molecule has 0 atom stereocenters. The molecule has 1 amide bonds. The van der Waals surface area contributed by atoms with Crippen LogP contribution in [-0.2, 0) is 4.79 Å². The number of ether oxygens (including phenoxy) is 1. The molecule has 0 heterocycles. The highest BCUT2D eigenvalue weighted by molar-refractivity contribution is 6.30. The maximum absolute atomic E-state index is 11.8. The second kappa shape index (κ2) is 8.93. The number of amides is 1. The Kier molecular flexibility index (Phi) is 6.87. The summed E-state index contributed by atoms with van der Waals surface area (Å²) in [7, 11) is 0. The van der Waals surface area contributed by atoms with Crippen LogP contribution in [0.2, 0.25) is 5.02 Å². The Bertz CT molecular complexity index is 427. The van der Waals surface area contributed by atoms with E-state index in [9.17, 15) is 4.79 Å². The van der Waals surface area contributed by atoms with Gasteiger partial charge in [-0.05, 0) is 49.4 Å². The third-order valence-corrected chi connectivity index (χ3v) is 4.20. The summed E-state index contributed by atoms with van der Waals surface area (Å²) in [6, 6.07) is 7.28. The van der Waals surface area contributed by atoms with E-state index in [4.69, 9.17) is 16.3 Å². The number of benzene rings is 1. The fraction of sp³-hybridized carbons (Fsp3) is 0.588. The van der Waals surface area contributed by atoms with E-state index >= 15 is 0 Å². The Morgan fingerprint density at radius 2 is 1.90 bits per heavy atom. The summed E-state index contributed by atoms with van der Waals surface area (Å²) in [5.74, 6) is 1.62. The number of hydrogen-bond acceptors (Lipinski definition) is 2. The molecule has 0 unspecified atom stereocenters. The van der Waals surface area contributed by atoms with Crippen molar-refractivity contribution in [3.05, 3.63) is 29.3 Å². The van der Waals surface area contributed by atoms with Crippen LogP contribution in [0, 0.1) is 5.92 Å². The molecule has 1 aromatic rings. The van der Waals surface area contributed by atoms with Crippen molar-refractivity contribution in [2.24, 2.45) is 5.92 Å². The Morgan fingerprint density at radius 3 is 2.62 bits per heavy atom. The highest BCUT2D eigenvalue weighted by Crippen LogP contribution is 2.22. The zero-order chi connectivity index (χ0) is 14.9. The van der Waals surface area contributed by atoms with Crippen molar-refractivity contribution in [2.45, 2.75) is 44.9 Å². The van der Waals surface area contributed by atoms with E-state index in [0.717, 1.165) is 18.7 Å². The Balaban J connectivity index is 1.53. The molecule has 3 nitrogen and oxygen atoms in total. The minimum Gasteiger partial charge on any atom is -0.494 e. The lowest BCUT2D eigenvalue weighted by Crippen LogP contribution is -2.30. The predicted molar refractivity (Wildman–Crippen MR) is 85.8 cm³/mol. The van der Waals surface area contributed by atoms with E-state index in [0.29, 0.717) is 24.0 Å². The zero-order valence-electron chi connectivity index (χ0n) is 12.4. The molecule has 0 radical (unpaired) electrons. The number of rotatable bonds is 7. The first-order chi connectivity index (χ1) is 10.2. The van der Waals surface area contributed by atoms with Crippen LogP contribution in [-0.4, -0.2) is 19.1 Å². The molecule has 0 spiro atoms. The van der Waals surface area contributed by atoms with E-state index in [1.165, 1.54) is 32.1 Å². The Morgan fingerprint density at radius 1 is 1.19 bits per heavy atom. The van der Waals surface area contributed by atoms with Crippen LogP contribution >= 0.6 is 11.6 Å². The molecule has 1 aromatic carbocycles. The average molecular weight is 310 g/mol. The summed E-state index contributed by atoms with van der Waals surface area (Å²) in [4.78, 5) is 11.8. The van der Waals surface area contributed by atoms with Gasteiger partial charge in [0.1, 0.15) is 5.75 Å². The maximum atomic E-state index is 11.8. The van der Waals surface area contributed by atoms with Crippen LogP contribution in [0.15, 0.2) is 24.3 Å². The second-order valence-electron chi connectivity index (χ2n) is 5.71. The van der Waals surface area contributed by atoms with Gasteiger partial charge >= 0.3 is 0 Å². The molecule has 1 aliphatic carbocycles. The average Bonchev–Trinajstić information content (AvgIpc) is 2.52. The fourth-order valence-electron chi connectivity index (χ4n) is 2.69. The molecular formula is C17H24ClNO2. The highest BCUT2D eigenvalue weighted by Gasteiger charge is 2.13. The van der Waals surface area contributed by atoms with Crippen LogP contribution in [0.1, 0.15) is 44.9 Å². The minimum atomic E-state index is 0.139. The number of nitrogens with one attached hydrogen (secondary N) is 1. The number of carbonyl (C=O) groups is 1. The lowest BCUT2D eigenvalue weighted by atomic mass is 9.89. The van der Waals surface area contributed by atoms with Crippen molar-refractivity contribution in [1.82, 2.24) is 5.32 Å². The number of halogens is 1. The standard InChI is InChI=1S/C17H24ClNO2/c18-15-8-10-16(11-9-15)21-12-4-7-17(20)19-13-14-5-2-1-3-6-14/h8-11,14H,1-7,12-13H2,(H,19,20). The topological polar surface area (TPSA) is 38.3 Å². The molecule has 0 aromatic heterocycles. The van der Waals surface area contributed by atoms with Gasteiger partial charge in [0.25, 0.3) is 0 Å². The summed E-state index contributed by atoms with van der Waals surface area (Å²) >= 11 is 5.80. The summed E-state index contributed by atoms with van der Waals surface area (Å²) < 4.78 is 5.57. The third kappa shape index (κ3) is 6.38. The largest absolute Gasteiger partial charge is 0.494 e. The number of carbonyl (C=O) groups excluding carboxylic acids is 1. The van der Waals surface area contributed by atoms with E-state index in [-0.39, 0.29) is 5.91 Å². The van der Waals surface area contributed by atoms with Gasteiger partial charge in [0.15, 0.2) is 0 Å². The lowest BCUT2D eigenvalue weighted by molar-refractivity contribution is -0.121. The van der Waals surface area contributed by atoms with Crippen molar-refractivity contribution in [1.29, 1.82) is 0 Å². The van der Waals surface area contributed by atoms with Gasteiger partial charge in [-0.3, -0.25) is 4.79 Å². The normalized spacial score (nSPS) is 15.7. The van der Waals surface area contributed by atoms with Crippen molar-refractivity contribution >= 4 is 17.5 Å². The van der Waals surface area contributed by atoms with E-state index in [2.05, 4.69) is 5.32 Å². The molecule has 2 rings (SSSR count). The molecular weight excluding hydrogens is 286 g/mol. The van der Waals surface area contributed by atoms with Gasteiger partial charge in [0, 0.05) is 18.0 Å². The van der Waals surface area contributed by atoms with Gasteiger partial charge in [-0.25, -0.2) is 0 Å².